The lowest BCUT2D eigenvalue weighted by Gasteiger charge is -2.53. The summed E-state index contributed by atoms with van der Waals surface area (Å²) in [4.78, 5) is 11.9. The van der Waals surface area contributed by atoms with Crippen LogP contribution in [0.25, 0.3) is 6.08 Å². The second kappa shape index (κ2) is 13.5. The number of hydrogen-bond donors (Lipinski definition) is 1. The van der Waals surface area contributed by atoms with Crippen molar-refractivity contribution in [3.8, 4) is 6.07 Å². The fourth-order valence-electron chi connectivity index (χ4n) is 10.9. The van der Waals surface area contributed by atoms with Gasteiger partial charge < -0.3 is 5.32 Å². The van der Waals surface area contributed by atoms with Crippen LogP contribution >= 0.6 is 11.8 Å². The van der Waals surface area contributed by atoms with Crippen LogP contribution in [0.4, 0.5) is 0 Å². The third kappa shape index (κ3) is 5.19. The Balaban J connectivity index is 1.10. The van der Waals surface area contributed by atoms with E-state index in [0.29, 0.717) is 23.0 Å². The van der Waals surface area contributed by atoms with Crippen LogP contribution < -0.4 is 5.32 Å². The van der Waals surface area contributed by atoms with Gasteiger partial charge in [0.2, 0.25) is 0 Å². The quantitative estimate of drug-likeness (QED) is 0.212. The van der Waals surface area contributed by atoms with E-state index in [-0.39, 0.29) is 17.5 Å². The molecule has 1 fully saturated rings. The Morgan fingerprint density at radius 2 is 1.61 bits per heavy atom. The van der Waals surface area contributed by atoms with Gasteiger partial charge in [-0.05, 0) is 89.1 Å². The highest BCUT2D eigenvalue weighted by Gasteiger charge is 2.61. The Morgan fingerprint density at radius 1 is 0.804 bits per heavy atom. The summed E-state index contributed by atoms with van der Waals surface area (Å²) in [6.45, 7) is 0. The first-order chi connectivity index (χ1) is 27.7. The summed E-state index contributed by atoms with van der Waals surface area (Å²) in [6, 6.07) is 34.9. The number of thioether (sulfide) groups is 1. The Kier molecular flexibility index (Phi) is 8.11. The highest BCUT2D eigenvalue weighted by atomic mass is 32.2. The molecular weight excluding hydrogens is 701 g/mol. The van der Waals surface area contributed by atoms with Gasteiger partial charge in [0, 0.05) is 44.5 Å². The number of allylic oxidation sites excluding steroid dienone is 9. The van der Waals surface area contributed by atoms with Crippen molar-refractivity contribution in [2.75, 3.05) is 0 Å². The molecule has 0 bridgehead atoms. The van der Waals surface area contributed by atoms with E-state index < -0.39 is 0 Å². The van der Waals surface area contributed by atoms with Gasteiger partial charge in [-0.2, -0.15) is 5.26 Å². The first-order valence-electron chi connectivity index (χ1n) is 20.2. The van der Waals surface area contributed by atoms with E-state index in [1.165, 1.54) is 38.3 Å². The molecule has 7 aliphatic rings. The monoisotopic (exact) mass is 742 g/mol. The molecule has 1 spiro atoms. The van der Waals surface area contributed by atoms with Crippen molar-refractivity contribution in [2.24, 2.45) is 21.8 Å². The van der Waals surface area contributed by atoms with Crippen molar-refractivity contribution in [1.29, 1.82) is 5.26 Å². The van der Waals surface area contributed by atoms with Gasteiger partial charge in [-0.15, -0.1) is 11.8 Å². The summed E-state index contributed by atoms with van der Waals surface area (Å²) >= 11 is 2.06. The maximum Gasteiger partial charge on any atom is 0.169 e. The predicted octanol–water partition coefficient (Wildman–Crippen LogP) is 11.2. The maximum absolute atomic E-state index is 10.0. The van der Waals surface area contributed by atoms with E-state index in [1.807, 2.05) is 0 Å². The minimum absolute atomic E-state index is 0.213. The molecular formula is C51H42N4S. The molecule has 2 aliphatic heterocycles. The highest BCUT2D eigenvalue weighted by molar-refractivity contribution is 8.04. The number of nitrogens with one attached hydrogen (secondary N) is 1. The lowest BCUT2D eigenvalue weighted by molar-refractivity contribution is 0.235. The molecule has 56 heavy (non-hydrogen) atoms. The molecule has 5 aliphatic carbocycles. The van der Waals surface area contributed by atoms with E-state index in [0.717, 1.165) is 66.0 Å². The second-order valence-electron chi connectivity index (χ2n) is 16.1. The zero-order chi connectivity index (χ0) is 37.2. The number of benzene rings is 4. The number of hydrogen-bond acceptors (Lipinski definition) is 5. The third-order valence-electron chi connectivity index (χ3n) is 13.3. The van der Waals surface area contributed by atoms with Crippen LogP contribution in [0.15, 0.2) is 166 Å². The summed E-state index contributed by atoms with van der Waals surface area (Å²) in [5.74, 6) is 3.03. The van der Waals surface area contributed by atoms with Crippen molar-refractivity contribution in [1.82, 2.24) is 5.32 Å². The van der Waals surface area contributed by atoms with Gasteiger partial charge in [0.1, 0.15) is 11.7 Å². The summed E-state index contributed by atoms with van der Waals surface area (Å²) in [6.07, 6.45) is 29.1. The fourth-order valence-corrected chi connectivity index (χ4v) is 12.4. The summed E-state index contributed by atoms with van der Waals surface area (Å²) in [7, 11) is 0. The second-order valence-corrected chi connectivity index (χ2v) is 17.3. The van der Waals surface area contributed by atoms with Gasteiger partial charge in [-0.25, -0.2) is 9.98 Å². The average Bonchev–Trinajstić information content (AvgIpc) is 3.56. The average molecular weight is 743 g/mol. The van der Waals surface area contributed by atoms with Crippen molar-refractivity contribution >= 4 is 29.5 Å². The minimum Gasteiger partial charge on any atom is -0.324 e. The van der Waals surface area contributed by atoms with E-state index in [2.05, 4.69) is 175 Å². The van der Waals surface area contributed by atoms with Gasteiger partial charge >= 0.3 is 0 Å². The molecule has 0 amide bonds. The number of amidine groups is 2. The van der Waals surface area contributed by atoms with Gasteiger partial charge in [0.25, 0.3) is 0 Å². The van der Waals surface area contributed by atoms with E-state index in [4.69, 9.17) is 9.98 Å². The smallest absolute Gasteiger partial charge is 0.169 e. The van der Waals surface area contributed by atoms with Crippen molar-refractivity contribution in [3.63, 3.8) is 0 Å². The van der Waals surface area contributed by atoms with Crippen LogP contribution in [0.1, 0.15) is 93.8 Å². The van der Waals surface area contributed by atoms with Gasteiger partial charge in [0.15, 0.2) is 6.17 Å². The normalized spacial score (nSPS) is 29.0. The molecule has 4 aromatic rings. The van der Waals surface area contributed by atoms with Crippen LogP contribution in [0, 0.1) is 23.2 Å². The Bertz CT molecular complexity index is 2560. The lowest BCUT2D eigenvalue weighted by atomic mass is 9.55. The zero-order valence-electron chi connectivity index (χ0n) is 31.2. The van der Waals surface area contributed by atoms with Crippen LogP contribution in [0.5, 0.6) is 0 Å². The fraction of sp³-hybridized carbons (Fsp3) is 0.235. The molecule has 0 aromatic heterocycles. The first-order valence-corrected chi connectivity index (χ1v) is 21.1. The van der Waals surface area contributed by atoms with Crippen LogP contribution in [-0.2, 0) is 11.8 Å². The molecule has 1 N–H and O–H groups in total. The topological polar surface area (TPSA) is 60.5 Å². The number of rotatable bonds is 4. The molecule has 4 aromatic carbocycles. The van der Waals surface area contributed by atoms with E-state index in [1.54, 1.807) is 0 Å². The molecule has 5 heteroatoms. The molecule has 7 unspecified atom stereocenters. The number of fused-ring (bicyclic) bond motifs is 10. The van der Waals surface area contributed by atoms with Crippen LogP contribution in [0.2, 0.25) is 0 Å². The van der Waals surface area contributed by atoms with Crippen LogP contribution in [0.3, 0.4) is 0 Å². The number of nitriles is 1. The standard InChI is InChI=1S/C51H42N4S/c52-31-36-24-26-38(39-18-8-7-17-37(36)39)34-25-28-47-45(29-34)51(43-21-11-12-22-46(43)56-47)42-20-10-9-19-40(42)41-27-23-35(30-44(41)51)50-54-48(32-13-3-1-4-14-32)53-49(55-50)33-15-5-2-6-16-33/h1-6,8-9,11-16,18-19,21-24,26-30,34,40,42-43,46,48H,7,10,17,20,25H2,(H,53,54,55). The molecule has 11 rings (SSSR count). The Morgan fingerprint density at radius 3 is 2.46 bits per heavy atom. The highest BCUT2D eigenvalue weighted by Crippen LogP contribution is 2.69. The molecule has 1 saturated heterocycles. The Hall–Kier alpha value is -5.70. The number of nitrogens with zero attached hydrogens (tertiary/aromatic N) is 3. The van der Waals surface area contributed by atoms with Crippen molar-refractivity contribution < 1.29 is 0 Å². The molecule has 0 saturated carbocycles. The third-order valence-corrected chi connectivity index (χ3v) is 14.7. The molecule has 7 atom stereocenters. The molecule has 2 heterocycles. The van der Waals surface area contributed by atoms with E-state index in [9.17, 15) is 5.26 Å². The van der Waals surface area contributed by atoms with Crippen molar-refractivity contribution in [3.05, 3.63) is 206 Å². The van der Waals surface area contributed by atoms with Crippen LogP contribution in [-0.4, -0.2) is 16.9 Å². The molecule has 4 nitrogen and oxygen atoms in total. The lowest BCUT2D eigenvalue weighted by Crippen LogP contribution is -2.49. The van der Waals surface area contributed by atoms with Gasteiger partial charge in [-0.1, -0.05) is 140 Å². The summed E-state index contributed by atoms with van der Waals surface area (Å²) in [5.41, 5.74) is 12.1. The Labute approximate surface area is 333 Å². The van der Waals surface area contributed by atoms with E-state index >= 15 is 0 Å². The number of aliphatic imine (C=N–C) groups is 2. The largest absolute Gasteiger partial charge is 0.324 e. The van der Waals surface area contributed by atoms with Gasteiger partial charge in [0.05, 0.1) is 11.6 Å². The summed E-state index contributed by atoms with van der Waals surface area (Å²) < 4.78 is 0. The van der Waals surface area contributed by atoms with Gasteiger partial charge in [-0.3, -0.25) is 0 Å². The first kappa shape index (κ1) is 33.6. The SMILES string of the molecule is N#Cc1ccc(C2C=C3C(=CC2)SC2C=CC=CC2C32c3cc(C4=NC(c5ccccc5)N=C(c5ccccc5)N4)ccc3C3C=CCCC32)c2c1CCC=C2. The summed E-state index contributed by atoms with van der Waals surface area (Å²) in [5, 5.41) is 14.1. The van der Waals surface area contributed by atoms with Crippen molar-refractivity contribution in [2.45, 2.75) is 60.8 Å². The zero-order valence-corrected chi connectivity index (χ0v) is 32.0. The maximum atomic E-state index is 10.0. The molecule has 0 radical (unpaired) electrons. The minimum atomic E-state index is -0.346. The predicted molar refractivity (Wildman–Crippen MR) is 230 cm³/mol. The molecule has 272 valence electrons.